The van der Waals surface area contributed by atoms with Gasteiger partial charge in [0.2, 0.25) is 5.91 Å². The van der Waals surface area contributed by atoms with Crippen molar-refractivity contribution in [3.8, 4) is 0 Å². The molecule has 0 spiro atoms. The van der Waals surface area contributed by atoms with Gasteiger partial charge >= 0.3 is 0 Å². The first-order valence-electron chi connectivity index (χ1n) is 9.41. The number of morpholine rings is 1. The Morgan fingerprint density at radius 1 is 1.13 bits per heavy atom. The maximum atomic E-state index is 12.9. The zero-order chi connectivity index (χ0) is 16.2. The molecule has 0 N–H and O–H groups in total. The first-order chi connectivity index (χ1) is 11.1. The first-order valence-corrected chi connectivity index (χ1v) is 9.41. The number of fused-ring (bicyclic) bond motifs is 1. The van der Waals surface area contributed by atoms with Gasteiger partial charge in [-0.15, -0.1) is 0 Å². The van der Waals surface area contributed by atoms with Crippen LogP contribution in [0.4, 0.5) is 0 Å². The van der Waals surface area contributed by atoms with E-state index in [4.69, 9.17) is 4.74 Å². The van der Waals surface area contributed by atoms with Gasteiger partial charge < -0.3 is 14.5 Å². The Morgan fingerprint density at radius 3 is 2.74 bits per heavy atom. The zero-order valence-corrected chi connectivity index (χ0v) is 14.9. The van der Waals surface area contributed by atoms with Crippen LogP contribution in [-0.2, 0) is 9.53 Å². The zero-order valence-electron chi connectivity index (χ0n) is 14.9. The van der Waals surface area contributed by atoms with Gasteiger partial charge in [0.15, 0.2) is 0 Å². The van der Waals surface area contributed by atoms with Crippen molar-refractivity contribution in [2.24, 2.45) is 5.92 Å². The number of carbonyl (C=O) groups is 1. The predicted octanol–water partition coefficient (Wildman–Crippen LogP) is 1.43. The van der Waals surface area contributed by atoms with E-state index >= 15 is 0 Å². The van der Waals surface area contributed by atoms with E-state index < -0.39 is 0 Å². The number of hydrogen-bond donors (Lipinski definition) is 0. The predicted molar refractivity (Wildman–Crippen MR) is 91.4 cm³/mol. The molecule has 3 rings (SSSR count). The largest absolute Gasteiger partial charge is 0.374 e. The van der Waals surface area contributed by atoms with E-state index in [1.807, 2.05) is 0 Å². The van der Waals surface area contributed by atoms with Gasteiger partial charge in [-0.1, -0.05) is 12.8 Å². The number of carbonyl (C=O) groups excluding carboxylic acids is 1. The Balaban J connectivity index is 1.53. The lowest BCUT2D eigenvalue weighted by atomic mass is 9.78. The van der Waals surface area contributed by atoms with Crippen LogP contribution in [-0.4, -0.2) is 86.2 Å². The quantitative estimate of drug-likeness (QED) is 0.784. The Bertz CT molecular complexity index is 400. The minimum absolute atomic E-state index is 0.232. The van der Waals surface area contributed by atoms with E-state index in [0.29, 0.717) is 18.5 Å². The molecule has 2 saturated heterocycles. The summed E-state index contributed by atoms with van der Waals surface area (Å²) in [5.41, 5.74) is 0. The molecular formula is C18H33N3O2. The highest BCUT2D eigenvalue weighted by atomic mass is 16.5. The normalized spacial score (nSPS) is 32.8. The lowest BCUT2D eigenvalue weighted by Gasteiger charge is -2.45. The van der Waals surface area contributed by atoms with Crippen molar-refractivity contribution in [1.29, 1.82) is 0 Å². The van der Waals surface area contributed by atoms with Gasteiger partial charge in [-0.25, -0.2) is 0 Å². The Kier molecular flexibility index (Phi) is 5.94. The van der Waals surface area contributed by atoms with E-state index in [1.54, 1.807) is 0 Å². The van der Waals surface area contributed by atoms with E-state index in [1.165, 1.54) is 38.5 Å². The molecule has 5 nitrogen and oxygen atoms in total. The van der Waals surface area contributed by atoms with Gasteiger partial charge in [0.1, 0.15) is 0 Å². The van der Waals surface area contributed by atoms with Crippen molar-refractivity contribution < 1.29 is 9.53 Å². The molecule has 3 fully saturated rings. The van der Waals surface area contributed by atoms with Crippen molar-refractivity contribution in [2.45, 2.75) is 50.7 Å². The highest BCUT2D eigenvalue weighted by Gasteiger charge is 2.36. The summed E-state index contributed by atoms with van der Waals surface area (Å²) in [5, 5.41) is 0. The van der Waals surface area contributed by atoms with Crippen molar-refractivity contribution in [3.05, 3.63) is 0 Å². The maximum Gasteiger partial charge on any atom is 0.237 e. The molecule has 2 heterocycles. The standard InChI is InChI=1S/C18H33N3O2/c1-19(2)12-16-13-20(10-11-23-16)14-18(22)21-9-5-7-15-6-3-4-8-17(15)21/h15-17H,3-14H2,1-2H3/t15-,16-,17+/m1/s1. The van der Waals surface area contributed by atoms with Crippen LogP contribution in [0.1, 0.15) is 38.5 Å². The molecule has 23 heavy (non-hydrogen) atoms. The number of nitrogens with zero attached hydrogens (tertiary/aromatic N) is 3. The molecule has 1 saturated carbocycles. The van der Waals surface area contributed by atoms with Crippen LogP contribution in [0.15, 0.2) is 0 Å². The lowest BCUT2D eigenvalue weighted by molar-refractivity contribution is -0.140. The molecule has 0 aromatic carbocycles. The third-order valence-corrected chi connectivity index (χ3v) is 5.71. The van der Waals surface area contributed by atoms with Crippen LogP contribution < -0.4 is 0 Å². The molecule has 132 valence electrons. The van der Waals surface area contributed by atoms with Gasteiger partial charge in [-0.05, 0) is 45.7 Å². The number of amides is 1. The molecule has 2 aliphatic heterocycles. The fourth-order valence-corrected chi connectivity index (χ4v) is 4.66. The number of likely N-dealkylation sites (tertiary alicyclic amines) is 1. The molecule has 3 aliphatic rings. The molecule has 0 bridgehead atoms. The van der Waals surface area contributed by atoms with Gasteiger partial charge in [0.25, 0.3) is 0 Å². The molecular weight excluding hydrogens is 290 g/mol. The SMILES string of the molecule is CN(C)C[C@@H]1CN(CC(=O)N2CCC[C@H]3CCCC[C@@H]32)CCO1. The molecule has 5 heteroatoms. The number of likely N-dealkylation sites (N-methyl/N-ethyl adjacent to an activating group) is 1. The molecule has 0 aromatic heterocycles. The van der Waals surface area contributed by atoms with Crippen LogP contribution in [0.2, 0.25) is 0 Å². The van der Waals surface area contributed by atoms with Crippen molar-refractivity contribution in [3.63, 3.8) is 0 Å². The maximum absolute atomic E-state index is 12.9. The van der Waals surface area contributed by atoms with Crippen LogP contribution in [0.3, 0.4) is 0 Å². The van der Waals surface area contributed by atoms with E-state index in [9.17, 15) is 4.79 Å². The van der Waals surface area contributed by atoms with Crippen molar-refractivity contribution in [1.82, 2.24) is 14.7 Å². The van der Waals surface area contributed by atoms with Gasteiger partial charge in [0, 0.05) is 32.2 Å². The Morgan fingerprint density at radius 2 is 1.91 bits per heavy atom. The summed E-state index contributed by atoms with van der Waals surface area (Å²) in [4.78, 5) is 19.6. The van der Waals surface area contributed by atoms with E-state index in [2.05, 4.69) is 28.8 Å². The lowest BCUT2D eigenvalue weighted by Crippen LogP contribution is -2.54. The molecule has 1 aliphatic carbocycles. The second-order valence-corrected chi connectivity index (χ2v) is 7.83. The molecule has 3 atom stereocenters. The van der Waals surface area contributed by atoms with Crippen LogP contribution >= 0.6 is 0 Å². The van der Waals surface area contributed by atoms with E-state index in [-0.39, 0.29) is 6.10 Å². The third kappa shape index (κ3) is 4.46. The second-order valence-electron chi connectivity index (χ2n) is 7.83. The summed E-state index contributed by atoms with van der Waals surface area (Å²) in [6, 6.07) is 0.531. The number of piperidine rings is 1. The summed E-state index contributed by atoms with van der Waals surface area (Å²) in [6.07, 6.45) is 7.97. The summed E-state index contributed by atoms with van der Waals surface area (Å²) >= 11 is 0. The number of ether oxygens (including phenoxy) is 1. The summed E-state index contributed by atoms with van der Waals surface area (Å²) < 4.78 is 5.82. The average molecular weight is 323 g/mol. The monoisotopic (exact) mass is 323 g/mol. The molecule has 0 radical (unpaired) electrons. The Hall–Kier alpha value is -0.650. The minimum atomic E-state index is 0.232. The van der Waals surface area contributed by atoms with Crippen LogP contribution in [0, 0.1) is 5.92 Å². The molecule has 0 aromatic rings. The molecule has 1 amide bonds. The minimum Gasteiger partial charge on any atom is -0.374 e. The second kappa shape index (κ2) is 7.95. The van der Waals surface area contributed by atoms with Crippen molar-refractivity contribution in [2.75, 3.05) is 53.4 Å². The fourth-order valence-electron chi connectivity index (χ4n) is 4.66. The topological polar surface area (TPSA) is 36.0 Å². The number of hydrogen-bond acceptors (Lipinski definition) is 4. The first kappa shape index (κ1) is 17.2. The van der Waals surface area contributed by atoms with Crippen LogP contribution in [0.25, 0.3) is 0 Å². The van der Waals surface area contributed by atoms with Gasteiger partial charge in [0.05, 0.1) is 19.3 Å². The highest BCUT2D eigenvalue weighted by Crippen LogP contribution is 2.35. The Labute approximate surface area is 140 Å². The summed E-state index contributed by atoms with van der Waals surface area (Å²) in [5.74, 6) is 1.12. The molecule has 0 unspecified atom stereocenters. The third-order valence-electron chi connectivity index (χ3n) is 5.71. The summed E-state index contributed by atoms with van der Waals surface area (Å²) in [6.45, 7) is 5.00. The van der Waals surface area contributed by atoms with Gasteiger partial charge in [-0.3, -0.25) is 9.69 Å². The summed E-state index contributed by atoms with van der Waals surface area (Å²) in [7, 11) is 4.15. The fraction of sp³-hybridized carbons (Fsp3) is 0.944. The van der Waals surface area contributed by atoms with E-state index in [0.717, 1.165) is 38.7 Å². The van der Waals surface area contributed by atoms with Crippen molar-refractivity contribution >= 4 is 5.91 Å². The number of rotatable bonds is 4. The van der Waals surface area contributed by atoms with Gasteiger partial charge in [-0.2, -0.15) is 0 Å². The highest BCUT2D eigenvalue weighted by molar-refractivity contribution is 5.78. The van der Waals surface area contributed by atoms with Crippen LogP contribution in [0.5, 0.6) is 0 Å². The average Bonchev–Trinajstić information content (AvgIpc) is 2.54. The smallest absolute Gasteiger partial charge is 0.237 e.